The van der Waals surface area contributed by atoms with Crippen LogP contribution in [0.2, 0.25) is 0 Å². The molecular weight excluding hydrogens is 254 g/mol. The molecule has 1 N–H and O–H groups in total. The van der Waals surface area contributed by atoms with Crippen molar-refractivity contribution in [3.05, 3.63) is 11.7 Å². The Labute approximate surface area is 119 Å². The highest BCUT2D eigenvalue weighted by molar-refractivity contribution is 5.06. The van der Waals surface area contributed by atoms with Crippen LogP contribution in [-0.2, 0) is 11.2 Å². The van der Waals surface area contributed by atoms with E-state index >= 15 is 0 Å². The molecule has 110 valence electrons. The Morgan fingerprint density at radius 1 is 1.25 bits per heavy atom. The molecular formula is C15H23N3O2. The number of piperidine rings is 1. The van der Waals surface area contributed by atoms with E-state index in [-0.39, 0.29) is 0 Å². The van der Waals surface area contributed by atoms with Gasteiger partial charge in [0, 0.05) is 6.42 Å². The average molecular weight is 277 g/mol. The molecule has 3 aliphatic heterocycles. The molecule has 4 unspecified atom stereocenters. The zero-order valence-electron chi connectivity index (χ0n) is 11.9. The van der Waals surface area contributed by atoms with Crippen LogP contribution in [0.1, 0.15) is 56.2 Å². The third-order valence-electron chi connectivity index (χ3n) is 5.09. The molecule has 20 heavy (non-hydrogen) atoms. The molecule has 1 aromatic heterocycles. The summed E-state index contributed by atoms with van der Waals surface area (Å²) in [4.78, 5) is 4.62. The molecule has 5 nitrogen and oxygen atoms in total. The van der Waals surface area contributed by atoms with E-state index in [1.54, 1.807) is 0 Å². The zero-order chi connectivity index (χ0) is 13.4. The van der Waals surface area contributed by atoms with E-state index in [0.29, 0.717) is 18.1 Å². The van der Waals surface area contributed by atoms with Gasteiger partial charge >= 0.3 is 0 Å². The first-order valence-electron chi connectivity index (χ1n) is 8.07. The quantitative estimate of drug-likeness (QED) is 0.912. The predicted octanol–water partition coefficient (Wildman–Crippen LogP) is 2.04. The minimum Gasteiger partial charge on any atom is -0.374 e. The molecule has 2 bridgehead atoms. The van der Waals surface area contributed by atoms with Gasteiger partial charge in [-0.1, -0.05) is 5.16 Å². The number of ether oxygens (including phenoxy) is 1. The third kappa shape index (κ3) is 2.49. The summed E-state index contributed by atoms with van der Waals surface area (Å²) < 4.78 is 11.3. The van der Waals surface area contributed by atoms with Gasteiger partial charge in [-0.3, -0.25) is 0 Å². The van der Waals surface area contributed by atoms with E-state index in [4.69, 9.17) is 9.26 Å². The number of rotatable bonds is 4. The third-order valence-corrected chi connectivity index (χ3v) is 5.09. The molecule has 1 aromatic rings. The molecule has 0 aromatic carbocycles. The number of hydrogen-bond donors (Lipinski definition) is 1. The summed E-state index contributed by atoms with van der Waals surface area (Å²) >= 11 is 0. The fourth-order valence-corrected chi connectivity index (χ4v) is 3.93. The molecule has 4 heterocycles. The highest BCUT2D eigenvalue weighted by Crippen LogP contribution is 2.43. The largest absolute Gasteiger partial charge is 0.374 e. The lowest BCUT2D eigenvalue weighted by molar-refractivity contribution is 0.0996. The van der Waals surface area contributed by atoms with Crippen molar-refractivity contribution >= 4 is 0 Å². The van der Waals surface area contributed by atoms with E-state index < -0.39 is 0 Å². The standard InChI is InChI=1S/C15H23N3O2/c1-2-10(9-16-7-1)3-6-14-17-15(18-20-14)12-8-11-4-5-13(12)19-11/h10-13,16H,1-9H2. The number of aryl methyl sites for hydroxylation is 1. The Hall–Kier alpha value is -0.940. The van der Waals surface area contributed by atoms with Gasteiger partial charge in [-0.2, -0.15) is 4.98 Å². The normalized spacial score (nSPS) is 36.6. The second kappa shape index (κ2) is 5.45. The van der Waals surface area contributed by atoms with Crippen LogP contribution in [0.15, 0.2) is 4.52 Å². The number of fused-ring (bicyclic) bond motifs is 2. The summed E-state index contributed by atoms with van der Waals surface area (Å²) in [7, 11) is 0. The summed E-state index contributed by atoms with van der Waals surface area (Å²) in [5, 5.41) is 7.66. The molecule has 3 saturated heterocycles. The van der Waals surface area contributed by atoms with Crippen molar-refractivity contribution in [1.29, 1.82) is 0 Å². The van der Waals surface area contributed by atoms with Crippen LogP contribution in [0, 0.1) is 5.92 Å². The summed E-state index contributed by atoms with van der Waals surface area (Å²) in [6.45, 7) is 2.31. The average Bonchev–Trinajstić information content (AvgIpc) is 3.22. The molecule has 4 rings (SSSR count). The molecule has 0 spiro atoms. The maximum atomic E-state index is 5.87. The second-order valence-electron chi connectivity index (χ2n) is 6.51. The molecule has 0 aliphatic carbocycles. The highest BCUT2D eigenvalue weighted by Gasteiger charge is 2.43. The lowest BCUT2D eigenvalue weighted by atomic mass is 9.89. The zero-order valence-corrected chi connectivity index (χ0v) is 11.9. The van der Waals surface area contributed by atoms with Crippen LogP contribution in [0.25, 0.3) is 0 Å². The van der Waals surface area contributed by atoms with Gasteiger partial charge in [-0.15, -0.1) is 0 Å². The smallest absolute Gasteiger partial charge is 0.226 e. The van der Waals surface area contributed by atoms with Crippen LogP contribution in [0.5, 0.6) is 0 Å². The number of nitrogens with one attached hydrogen (secondary N) is 1. The van der Waals surface area contributed by atoms with Gasteiger partial charge in [-0.25, -0.2) is 0 Å². The van der Waals surface area contributed by atoms with Crippen LogP contribution >= 0.6 is 0 Å². The molecule has 5 heteroatoms. The Morgan fingerprint density at radius 3 is 3.00 bits per heavy atom. The topological polar surface area (TPSA) is 60.2 Å². The van der Waals surface area contributed by atoms with Gasteiger partial charge in [-0.05, 0) is 57.5 Å². The maximum Gasteiger partial charge on any atom is 0.226 e. The number of hydrogen-bond acceptors (Lipinski definition) is 5. The van der Waals surface area contributed by atoms with Gasteiger partial charge in [0.2, 0.25) is 5.89 Å². The van der Waals surface area contributed by atoms with Crippen molar-refractivity contribution in [3.63, 3.8) is 0 Å². The first-order valence-corrected chi connectivity index (χ1v) is 8.07. The van der Waals surface area contributed by atoms with Crippen LogP contribution in [0.3, 0.4) is 0 Å². The van der Waals surface area contributed by atoms with Crippen molar-refractivity contribution in [1.82, 2.24) is 15.5 Å². The van der Waals surface area contributed by atoms with Crippen molar-refractivity contribution in [2.45, 2.75) is 63.1 Å². The molecule has 3 fully saturated rings. The molecule has 0 radical (unpaired) electrons. The Kier molecular flexibility index (Phi) is 3.48. The summed E-state index contributed by atoms with van der Waals surface area (Å²) in [6, 6.07) is 0. The molecule has 0 amide bonds. The minimum atomic E-state index is 0.341. The van der Waals surface area contributed by atoms with Crippen LogP contribution in [-0.4, -0.2) is 35.4 Å². The van der Waals surface area contributed by atoms with E-state index in [9.17, 15) is 0 Å². The Balaban J connectivity index is 1.33. The molecule has 3 aliphatic rings. The van der Waals surface area contributed by atoms with E-state index in [0.717, 1.165) is 49.9 Å². The number of aromatic nitrogens is 2. The van der Waals surface area contributed by atoms with Gasteiger partial charge in [0.25, 0.3) is 0 Å². The van der Waals surface area contributed by atoms with Crippen molar-refractivity contribution < 1.29 is 9.26 Å². The Bertz CT molecular complexity index is 456. The van der Waals surface area contributed by atoms with Crippen LogP contribution < -0.4 is 5.32 Å². The monoisotopic (exact) mass is 277 g/mol. The SMILES string of the molecule is C1CNCC(CCc2nc(C3CC4CCC3O4)no2)C1. The van der Waals surface area contributed by atoms with Crippen molar-refractivity contribution in [3.8, 4) is 0 Å². The summed E-state index contributed by atoms with van der Waals surface area (Å²) in [6.07, 6.45) is 8.93. The van der Waals surface area contributed by atoms with Crippen LogP contribution in [0.4, 0.5) is 0 Å². The lowest BCUT2D eigenvalue weighted by Crippen LogP contribution is -2.29. The highest BCUT2D eigenvalue weighted by atomic mass is 16.5. The summed E-state index contributed by atoms with van der Waals surface area (Å²) in [5.41, 5.74) is 0. The maximum absolute atomic E-state index is 5.87. The lowest BCUT2D eigenvalue weighted by Gasteiger charge is -2.21. The van der Waals surface area contributed by atoms with Gasteiger partial charge in [0.1, 0.15) is 0 Å². The first kappa shape index (κ1) is 12.8. The van der Waals surface area contributed by atoms with Gasteiger partial charge in [0.05, 0.1) is 18.1 Å². The van der Waals surface area contributed by atoms with Crippen molar-refractivity contribution in [2.24, 2.45) is 5.92 Å². The Morgan fingerprint density at radius 2 is 2.25 bits per heavy atom. The molecule has 0 saturated carbocycles. The predicted molar refractivity (Wildman–Crippen MR) is 73.5 cm³/mol. The fourth-order valence-electron chi connectivity index (χ4n) is 3.93. The van der Waals surface area contributed by atoms with Gasteiger partial charge < -0.3 is 14.6 Å². The van der Waals surface area contributed by atoms with Gasteiger partial charge in [0.15, 0.2) is 5.82 Å². The van der Waals surface area contributed by atoms with Crippen molar-refractivity contribution in [2.75, 3.05) is 13.1 Å². The second-order valence-corrected chi connectivity index (χ2v) is 6.51. The first-order chi connectivity index (χ1) is 9.88. The fraction of sp³-hybridized carbons (Fsp3) is 0.867. The van der Waals surface area contributed by atoms with E-state index in [1.807, 2.05) is 0 Å². The minimum absolute atomic E-state index is 0.341. The van der Waals surface area contributed by atoms with E-state index in [2.05, 4.69) is 15.5 Å². The van der Waals surface area contributed by atoms with E-state index in [1.165, 1.54) is 25.8 Å². The summed E-state index contributed by atoms with van der Waals surface area (Å²) in [5.74, 6) is 2.84. The molecule has 4 atom stereocenters. The number of nitrogens with zero attached hydrogens (tertiary/aromatic N) is 2.